The fraction of sp³-hybridized carbons (Fsp3) is 0.571. The third kappa shape index (κ3) is 3.04. The van der Waals surface area contributed by atoms with Crippen LogP contribution in [0.25, 0.3) is 0 Å². The molecule has 0 bridgehead atoms. The number of aromatic amines is 1. The lowest BCUT2D eigenvalue weighted by atomic mass is 10.2. The monoisotopic (exact) mass is 261 g/mol. The van der Waals surface area contributed by atoms with Gasteiger partial charge in [-0.3, -0.25) is 14.5 Å². The second kappa shape index (κ2) is 5.17. The molecule has 1 amide bonds. The zero-order valence-corrected chi connectivity index (χ0v) is 11.0. The van der Waals surface area contributed by atoms with Crippen molar-refractivity contribution in [3.63, 3.8) is 0 Å². The molecule has 1 aliphatic carbocycles. The first-order valence-corrected chi connectivity index (χ1v) is 6.93. The number of nitrogens with zero attached hydrogens (tertiary/aromatic N) is 2. The van der Waals surface area contributed by atoms with Crippen LogP contribution in [0.1, 0.15) is 23.3 Å². The molecule has 5 heteroatoms. The Hall–Kier alpha value is -1.62. The fourth-order valence-corrected chi connectivity index (χ4v) is 2.54. The van der Waals surface area contributed by atoms with Gasteiger partial charge in [0.1, 0.15) is 5.69 Å². The summed E-state index contributed by atoms with van der Waals surface area (Å²) in [6.07, 6.45) is 2.73. The molecule has 2 heterocycles. The molecule has 1 saturated heterocycles. The maximum Gasteiger partial charge on any atom is 0.270 e. The van der Waals surface area contributed by atoms with Crippen LogP contribution >= 0.6 is 0 Å². The van der Waals surface area contributed by atoms with E-state index >= 15 is 0 Å². The Balaban J connectivity index is 1.58. The van der Waals surface area contributed by atoms with Gasteiger partial charge in [-0.2, -0.15) is 0 Å². The van der Waals surface area contributed by atoms with Crippen molar-refractivity contribution in [1.82, 2.24) is 14.8 Å². The summed E-state index contributed by atoms with van der Waals surface area (Å²) in [5.41, 5.74) is 0.168. The molecule has 1 saturated carbocycles. The smallest absolute Gasteiger partial charge is 0.270 e. The van der Waals surface area contributed by atoms with E-state index in [4.69, 9.17) is 0 Å². The van der Waals surface area contributed by atoms with E-state index in [1.165, 1.54) is 25.5 Å². The number of amides is 1. The zero-order valence-electron chi connectivity index (χ0n) is 11.0. The summed E-state index contributed by atoms with van der Waals surface area (Å²) in [5.74, 6) is 0.830. The third-order valence-electron chi connectivity index (χ3n) is 3.87. The summed E-state index contributed by atoms with van der Waals surface area (Å²) >= 11 is 0. The van der Waals surface area contributed by atoms with E-state index in [1.807, 2.05) is 4.90 Å². The van der Waals surface area contributed by atoms with Crippen molar-refractivity contribution in [2.24, 2.45) is 5.92 Å². The van der Waals surface area contributed by atoms with Crippen molar-refractivity contribution in [3.8, 4) is 0 Å². The number of hydrogen-bond donors (Lipinski definition) is 1. The molecule has 1 aliphatic heterocycles. The number of nitrogens with one attached hydrogen (secondary N) is 1. The van der Waals surface area contributed by atoms with Crippen LogP contribution in [0.15, 0.2) is 23.0 Å². The normalized spacial score (nSPS) is 20.5. The van der Waals surface area contributed by atoms with Gasteiger partial charge in [0.25, 0.3) is 5.91 Å². The molecule has 1 aromatic heterocycles. The molecule has 0 atom stereocenters. The summed E-state index contributed by atoms with van der Waals surface area (Å²) < 4.78 is 0. The number of piperazine rings is 1. The van der Waals surface area contributed by atoms with Crippen LogP contribution in [0.3, 0.4) is 0 Å². The van der Waals surface area contributed by atoms with Crippen LogP contribution in [0.5, 0.6) is 0 Å². The van der Waals surface area contributed by atoms with E-state index in [2.05, 4.69) is 9.88 Å². The van der Waals surface area contributed by atoms with Gasteiger partial charge in [0, 0.05) is 38.8 Å². The number of H-pyrrole nitrogens is 1. The number of pyridine rings is 1. The zero-order chi connectivity index (χ0) is 13.2. The van der Waals surface area contributed by atoms with Gasteiger partial charge in [0.2, 0.25) is 5.56 Å². The molecule has 3 rings (SSSR count). The molecular weight excluding hydrogens is 242 g/mol. The molecule has 0 spiro atoms. The predicted octanol–water partition coefficient (Wildman–Crippen LogP) is 0.543. The Kier molecular flexibility index (Phi) is 3.38. The summed E-state index contributed by atoms with van der Waals surface area (Å²) in [7, 11) is 0. The molecule has 19 heavy (non-hydrogen) atoms. The lowest BCUT2D eigenvalue weighted by molar-refractivity contribution is 0.0626. The molecule has 2 aliphatic rings. The van der Waals surface area contributed by atoms with Gasteiger partial charge in [-0.05, 0) is 24.8 Å². The minimum atomic E-state index is -0.224. The first-order valence-electron chi connectivity index (χ1n) is 6.93. The van der Waals surface area contributed by atoms with Crippen molar-refractivity contribution in [1.29, 1.82) is 0 Å². The molecule has 2 fully saturated rings. The van der Waals surface area contributed by atoms with E-state index in [9.17, 15) is 9.59 Å². The molecule has 102 valence electrons. The molecule has 5 nitrogen and oxygen atoms in total. The Labute approximate surface area is 112 Å². The van der Waals surface area contributed by atoms with E-state index in [0.29, 0.717) is 5.69 Å². The van der Waals surface area contributed by atoms with Crippen molar-refractivity contribution >= 4 is 5.91 Å². The summed E-state index contributed by atoms with van der Waals surface area (Å²) in [6.45, 7) is 4.58. The first-order chi connectivity index (χ1) is 9.22. The van der Waals surface area contributed by atoms with Gasteiger partial charge in [-0.25, -0.2) is 0 Å². The maximum atomic E-state index is 12.2. The Morgan fingerprint density at radius 2 is 1.95 bits per heavy atom. The van der Waals surface area contributed by atoms with Gasteiger partial charge in [-0.1, -0.05) is 6.07 Å². The van der Waals surface area contributed by atoms with Crippen LogP contribution in [0, 0.1) is 5.92 Å². The SMILES string of the molecule is O=C(c1cccc(=O)[nH]1)N1CCN(CC2CC2)CC1. The molecule has 1 aromatic rings. The van der Waals surface area contributed by atoms with Gasteiger partial charge in [-0.15, -0.1) is 0 Å². The van der Waals surface area contributed by atoms with Crippen molar-refractivity contribution in [3.05, 3.63) is 34.2 Å². The second-order valence-corrected chi connectivity index (χ2v) is 5.46. The van der Waals surface area contributed by atoms with Crippen molar-refractivity contribution in [2.75, 3.05) is 32.7 Å². The van der Waals surface area contributed by atoms with E-state index in [1.54, 1.807) is 12.1 Å². The number of carbonyl (C=O) groups excluding carboxylic acids is 1. The van der Waals surface area contributed by atoms with Crippen LogP contribution in [0.4, 0.5) is 0 Å². The summed E-state index contributed by atoms with van der Waals surface area (Å²) in [6, 6.07) is 4.71. The largest absolute Gasteiger partial charge is 0.335 e. The van der Waals surface area contributed by atoms with Gasteiger partial charge in [0.15, 0.2) is 0 Å². The number of rotatable bonds is 3. The van der Waals surface area contributed by atoms with Gasteiger partial charge < -0.3 is 9.88 Å². The van der Waals surface area contributed by atoms with Crippen LogP contribution in [-0.4, -0.2) is 53.4 Å². The van der Waals surface area contributed by atoms with E-state index in [0.717, 1.165) is 32.1 Å². The minimum absolute atomic E-state index is 0.0660. The second-order valence-electron chi connectivity index (χ2n) is 5.46. The number of carbonyl (C=O) groups is 1. The van der Waals surface area contributed by atoms with Crippen LogP contribution in [-0.2, 0) is 0 Å². The molecule has 0 radical (unpaired) electrons. The average molecular weight is 261 g/mol. The maximum absolute atomic E-state index is 12.2. The van der Waals surface area contributed by atoms with Crippen molar-refractivity contribution < 1.29 is 4.79 Å². The summed E-state index contributed by atoms with van der Waals surface area (Å²) in [4.78, 5) is 30.3. The highest BCUT2D eigenvalue weighted by Crippen LogP contribution is 2.29. The lowest BCUT2D eigenvalue weighted by Gasteiger charge is -2.34. The topological polar surface area (TPSA) is 56.4 Å². The molecular formula is C14H19N3O2. The van der Waals surface area contributed by atoms with E-state index in [-0.39, 0.29) is 11.5 Å². The Morgan fingerprint density at radius 3 is 2.58 bits per heavy atom. The molecule has 0 unspecified atom stereocenters. The first kappa shape index (κ1) is 12.4. The number of aromatic nitrogens is 1. The highest BCUT2D eigenvalue weighted by Gasteiger charge is 2.28. The average Bonchev–Trinajstić information content (AvgIpc) is 3.23. The third-order valence-corrected chi connectivity index (χ3v) is 3.87. The lowest BCUT2D eigenvalue weighted by Crippen LogP contribution is -2.49. The van der Waals surface area contributed by atoms with Gasteiger partial charge >= 0.3 is 0 Å². The highest BCUT2D eigenvalue weighted by atomic mass is 16.2. The Bertz CT molecular complexity index is 513. The summed E-state index contributed by atoms with van der Waals surface area (Å²) in [5, 5.41) is 0. The van der Waals surface area contributed by atoms with Crippen molar-refractivity contribution in [2.45, 2.75) is 12.8 Å². The van der Waals surface area contributed by atoms with E-state index < -0.39 is 0 Å². The molecule has 1 N–H and O–H groups in total. The minimum Gasteiger partial charge on any atom is -0.335 e. The standard InChI is InChI=1S/C14H19N3O2/c18-13-3-1-2-12(15-13)14(19)17-8-6-16(7-9-17)10-11-4-5-11/h1-3,11H,4-10H2,(H,15,18). The highest BCUT2D eigenvalue weighted by molar-refractivity contribution is 5.92. The quantitative estimate of drug-likeness (QED) is 0.864. The molecule has 0 aromatic carbocycles. The predicted molar refractivity (Wildman–Crippen MR) is 72.1 cm³/mol. The van der Waals surface area contributed by atoms with Crippen LogP contribution in [0.2, 0.25) is 0 Å². The fourth-order valence-electron chi connectivity index (χ4n) is 2.54. The Morgan fingerprint density at radius 1 is 1.21 bits per heavy atom. The number of hydrogen-bond acceptors (Lipinski definition) is 3. The van der Waals surface area contributed by atoms with Crippen LogP contribution < -0.4 is 5.56 Å². The van der Waals surface area contributed by atoms with Gasteiger partial charge in [0.05, 0.1) is 0 Å².